The van der Waals surface area contributed by atoms with Crippen molar-refractivity contribution in [3.05, 3.63) is 76.9 Å². The molecule has 33 heavy (non-hydrogen) atoms. The molecule has 7 heteroatoms. The molecule has 2 aromatic heterocycles. The Kier molecular flexibility index (Phi) is 5.72. The van der Waals surface area contributed by atoms with E-state index in [9.17, 15) is 9.59 Å². The van der Waals surface area contributed by atoms with Crippen molar-refractivity contribution in [2.75, 3.05) is 18.4 Å². The van der Waals surface area contributed by atoms with Crippen LogP contribution in [0.25, 0.3) is 16.2 Å². The molecular formula is C26H26N4O2S. The molecule has 0 atom stereocenters. The van der Waals surface area contributed by atoms with Crippen LogP contribution in [0.15, 0.2) is 60.1 Å². The van der Waals surface area contributed by atoms with Gasteiger partial charge in [0, 0.05) is 41.5 Å². The van der Waals surface area contributed by atoms with Gasteiger partial charge < -0.3 is 10.2 Å². The normalized spacial score (nSPS) is 14.5. The summed E-state index contributed by atoms with van der Waals surface area (Å²) in [5.74, 6) is 0.591. The van der Waals surface area contributed by atoms with E-state index in [0.717, 1.165) is 47.7 Å². The molecular weight excluding hydrogens is 432 g/mol. The molecule has 0 saturated carbocycles. The predicted molar refractivity (Wildman–Crippen MR) is 132 cm³/mol. The molecule has 0 radical (unpaired) electrons. The molecule has 0 aliphatic carbocycles. The zero-order chi connectivity index (χ0) is 22.9. The van der Waals surface area contributed by atoms with Gasteiger partial charge in [0.1, 0.15) is 5.69 Å². The Morgan fingerprint density at radius 1 is 1.09 bits per heavy atom. The molecule has 0 bridgehead atoms. The third-order valence-electron chi connectivity index (χ3n) is 6.23. The van der Waals surface area contributed by atoms with E-state index in [1.54, 1.807) is 0 Å². The molecule has 3 heterocycles. The number of nitrogens with zero attached hydrogens (tertiary/aromatic N) is 3. The Labute approximate surface area is 196 Å². The Morgan fingerprint density at radius 3 is 2.61 bits per heavy atom. The number of anilines is 1. The zero-order valence-corrected chi connectivity index (χ0v) is 19.6. The van der Waals surface area contributed by atoms with Gasteiger partial charge in [0.25, 0.3) is 11.8 Å². The van der Waals surface area contributed by atoms with Gasteiger partial charge in [0.05, 0.1) is 5.69 Å². The van der Waals surface area contributed by atoms with Crippen LogP contribution in [0.5, 0.6) is 0 Å². The molecule has 1 aliphatic rings. The lowest BCUT2D eigenvalue weighted by molar-refractivity contribution is 0.0690. The molecule has 2 amide bonds. The first kappa shape index (κ1) is 21.4. The summed E-state index contributed by atoms with van der Waals surface area (Å²) in [6.45, 7) is 5.85. The van der Waals surface area contributed by atoms with Crippen LogP contribution in [-0.2, 0) is 0 Å². The fourth-order valence-corrected chi connectivity index (χ4v) is 4.96. The van der Waals surface area contributed by atoms with E-state index in [1.807, 2.05) is 76.3 Å². The van der Waals surface area contributed by atoms with Gasteiger partial charge in [0.2, 0.25) is 0 Å². The third kappa shape index (κ3) is 4.41. The largest absolute Gasteiger partial charge is 0.337 e. The van der Waals surface area contributed by atoms with E-state index in [2.05, 4.69) is 12.2 Å². The van der Waals surface area contributed by atoms with Gasteiger partial charge in [-0.15, -0.1) is 11.3 Å². The van der Waals surface area contributed by atoms with Crippen LogP contribution >= 0.6 is 11.3 Å². The first-order valence-corrected chi connectivity index (χ1v) is 12.1. The smallest absolute Gasteiger partial charge is 0.271 e. The molecule has 1 saturated heterocycles. The van der Waals surface area contributed by atoms with Gasteiger partial charge >= 0.3 is 0 Å². The van der Waals surface area contributed by atoms with Gasteiger partial charge in [-0.05, 0) is 49.9 Å². The molecule has 1 N–H and O–H groups in total. The highest BCUT2D eigenvalue weighted by Gasteiger charge is 2.24. The molecule has 2 aromatic carbocycles. The van der Waals surface area contributed by atoms with Gasteiger partial charge in [-0.1, -0.05) is 36.8 Å². The van der Waals surface area contributed by atoms with Crippen molar-refractivity contribution in [3.8, 4) is 11.3 Å². The zero-order valence-electron chi connectivity index (χ0n) is 18.7. The molecule has 0 spiro atoms. The minimum absolute atomic E-state index is 0.0659. The van der Waals surface area contributed by atoms with Crippen LogP contribution in [0.3, 0.4) is 0 Å². The number of nitrogens with one attached hydrogen (secondary N) is 1. The summed E-state index contributed by atoms with van der Waals surface area (Å²) in [5, 5.41) is 4.85. The second-order valence-electron chi connectivity index (χ2n) is 8.78. The Bertz CT molecular complexity index is 1310. The van der Waals surface area contributed by atoms with E-state index in [1.165, 1.54) is 11.3 Å². The highest BCUT2D eigenvalue weighted by atomic mass is 32.1. The van der Waals surface area contributed by atoms with Crippen molar-refractivity contribution in [2.45, 2.75) is 26.7 Å². The Morgan fingerprint density at radius 2 is 1.85 bits per heavy atom. The minimum atomic E-state index is -0.151. The van der Waals surface area contributed by atoms with E-state index in [4.69, 9.17) is 4.98 Å². The third-order valence-corrected chi connectivity index (χ3v) is 7.07. The average molecular weight is 459 g/mol. The van der Waals surface area contributed by atoms with Crippen LogP contribution < -0.4 is 5.32 Å². The lowest BCUT2D eigenvalue weighted by Crippen LogP contribution is -2.38. The van der Waals surface area contributed by atoms with Crippen molar-refractivity contribution in [1.29, 1.82) is 0 Å². The number of piperidine rings is 1. The van der Waals surface area contributed by atoms with E-state index < -0.39 is 0 Å². The van der Waals surface area contributed by atoms with Gasteiger partial charge in [-0.3, -0.25) is 14.0 Å². The average Bonchev–Trinajstić information content (AvgIpc) is 3.41. The summed E-state index contributed by atoms with van der Waals surface area (Å²) in [5.41, 5.74) is 4.75. The summed E-state index contributed by atoms with van der Waals surface area (Å²) < 4.78 is 1.89. The maximum Gasteiger partial charge on any atom is 0.271 e. The molecule has 4 aromatic rings. The van der Waals surface area contributed by atoms with Crippen LogP contribution in [0.4, 0.5) is 5.69 Å². The summed E-state index contributed by atoms with van der Waals surface area (Å²) in [7, 11) is 0. The summed E-state index contributed by atoms with van der Waals surface area (Å²) >= 11 is 1.47. The molecule has 5 rings (SSSR count). The van der Waals surface area contributed by atoms with Crippen LogP contribution in [0, 0.1) is 12.8 Å². The Hall–Kier alpha value is -3.45. The molecule has 6 nitrogen and oxygen atoms in total. The standard InChI is InChI=1S/C26H26N4O2S/c1-17-6-8-19(9-7-17)24(31)27-21-5-3-4-20(14-21)22-15-30-23(16-33-26(30)28-22)25(32)29-12-10-18(2)11-13-29/h3-9,14-16,18H,10-13H2,1-2H3,(H,27,31). The second kappa shape index (κ2) is 8.83. The lowest BCUT2D eigenvalue weighted by Gasteiger charge is -2.30. The molecule has 0 unspecified atom stereocenters. The maximum atomic E-state index is 13.1. The van der Waals surface area contributed by atoms with Gasteiger partial charge in [-0.2, -0.15) is 0 Å². The van der Waals surface area contributed by atoms with Crippen LogP contribution in [-0.4, -0.2) is 39.2 Å². The predicted octanol–water partition coefficient (Wildman–Crippen LogP) is 5.50. The highest BCUT2D eigenvalue weighted by Crippen LogP contribution is 2.27. The molecule has 1 aliphatic heterocycles. The van der Waals surface area contributed by atoms with Gasteiger partial charge in [0.15, 0.2) is 4.96 Å². The highest BCUT2D eigenvalue weighted by molar-refractivity contribution is 7.15. The van der Waals surface area contributed by atoms with Crippen molar-refractivity contribution in [1.82, 2.24) is 14.3 Å². The monoisotopic (exact) mass is 458 g/mol. The number of fused-ring (bicyclic) bond motifs is 1. The second-order valence-corrected chi connectivity index (χ2v) is 9.61. The van der Waals surface area contributed by atoms with Crippen molar-refractivity contribution < 1.29 is 9.59 Å². The fourth-order valence-electron chi connectivity index (χ4n) is 4.11. The number of carbonyl (C=O) groups excluding carboxylic acids is 2. The number of likely N-dealkylation sites (tertiary alicyclic amines) is 1. The fraction of sp³-hybridized carbons (Fsp3) is 0.269. The number of rotatable bonds is 4. The summed E-state index contributed by atoms with van der Waals surface area (Å²) in [4.78, 5) is 33.1. The van der Waals surface area contributed by atoms with E-state index in [0.29, 0.717) is 22.9 Å². The number of thiazole rings is 1. The number of amides is 2. The number of hydrogen-bond acceptors (Lipinski definition) is 4. The molecule has 168 valence electrons. The van der Waals surface area contributed by atoms with Gasteiger partial charge in [-0.25, -0.2) is 4.98 Å². The van der Waals surface area contributed by atoms with Crippen molar-refractivity contribution in [3.63, 3.8) is 0 Å². The number of benzene rings is 2. The van der Waals surface area contributed by atoms with E-state index >= 15 is 0 Å². The maximum absolute atomic E-state index is 13.1. The number of aromatic nitrogens is 2. The quantitative estimate of drug-likeness (QED) is 0.439. The number of aryl methyl sites for hydroxylation is 1. The topological polar surface area (TPSA) is 66.7 Å². The van der Waals surface area contributed by atoms with Crippen molar-refractivity contribution >= 4 is 33.8 Å². The summed E-state index contributed by atoms with van der Waals surface area (Å²) in [6, 6.07) is 15.1. The van der Waals surface area contributed by atoms with Crippen LogP contribution in [0.2, 0.25) is 0 Å². The summed E-state index contributed by atoms with van der Waals surface area (Å²) in [6.07, 6.45) is 4.01. The van der Waals surface area contributed by atoms with Crippen molar-refractivity contribution in [2.24, 2.45) is 5.92 Å². The Balaban J connectivity index is 1.37. The molecule has 1 fully saturated rings. The number of hydrogen-bond donors (Lipinski definition) is 1. The number of imidazole rings is 1. The SMILES string of the molecule is Cc1ccc(C(=O)Nc2cccc(-c3cn4c(C(=O)N5CCC(C)CC5)csc4n3)c2)cc1. The lowest BCUT2D eigenvalue weighted by atomic mass is 9.99. The first-order valence-electron chi connectivity index (χ1n) is 11.2. The minimum Gasteiger partial charge on any atom is -0.337 e. The van der Waals surface area contributed by atoms with Crippen LogP contribution in [0.1, 0.15) is 46.2 Å². The first-order chi connectivity index (χ1) is 16.0. The number of carbonyl (C=O) groups is 2. The van der Waals surface area contributed by atoms with E-state index in [-0.39, 0.29) is 11.8 Å².